The topological polar surface area (TPSA) is 88.3 Å². The minimum Gasteiger partial charge on any atom is -0.338 e. The third-order valence-corrected chi connectivity index (χ3v) is 5.90. The Labute approximate surface area is 162 Å². The van der Waals surface area contributed by atoms with Gasteiger partial charge in [-0.1, -0.05) is 0 Å². The van der Waals surface area contributed by atoms with Crippen molar-refractivity contribution in [3.05, 3.63) is 52.1 Å². The van der Waals surface area contributed by atoms with Gasteiger partial charge in [0, 0.05) is 55.9 Å². The molecule has 1 saturated heterocycles. The molecule has 8 heteroatoms. The molecule has 5 rings (SSSR count). The number of carbonyl (C=O) groups is 1. The Hall–Kier alpha value is -2.90. The van der Waals surface area contributed by atoms with Crippen molar-refractivity contribution >= 4 is 11.6 Å². The molecule has 1 aliphatic heterocycles. The molecule has 1 N–H and O–H groups in total. The molecule has 4 heterocycles. The smallest absolute Gasteiger partial charge is 0.285 e. The van der Waals surface area contributed by atoms with E-state index in [9.17, 15) is 9.59 Å². The quantitative estimate of drug-likeness (QED) is 0.749. The molecule has 0 unspecified atom stereocenters. The fourth-order valence-corrected chi connectivity index (χ4v) is 4.15. The van der Waals surface area contributed by atoms with Crippen molar-refractivity contribution in [3.8, 4) is 0 Å². The van der Waals surface area contributed by atoms with E-state index in [-0.39, 0.29) is 17.0 Å². The van der Waals surface area contributed by atoms with Crippen LogP contribution in [-0.2, 0) is 6.54 Å². The molecule has 1 aliphatic carbocycles. The monoisotopic (exact) mass is 380 g/mol. The number of nitrogens with one attached hydrogen (secondary N) is 1. The van der Waals surface area contributed by atoms with Crippen LogP contribution in [0.25, 0.3) is 5.65 Å². The van der Waals surface area contributed by atoms with E-state index in [1.54, 1.807) is 11.0 Å². The van der Waals surface area contributed by atoms with Crippen molar-refractivity contribution in [1.29, 1.82) is 0 Å². The van der Waals surface area contributed by atoms with Crippen LogP contribution in [0.5, 0.6) is 0 Å². The lowest BCUT2D eigenvalue weighted by Gasteiger charge is -2.31. The van der Waals surface area contributed by atoms with E-state index >= 15 is 0 Å². The number of aryl methyl sites for hydroxylation is 1. The number of aromatic amines is 1. The molecule has 0 aromatic carbocycles. The maximum Gasteiger partial charge on any atom is 0.285 e. The highest BCUT2D eigenvalue weighted by atomic mass is 16.2. The maximum absolute atomic E-state index is 12.9. The van der Waals surface area contributed by atoms with Crippen molar-refractivity contribution in [2.45, 2.75) is 45.1 Å². The van der Waals surface area contributed by atoms with Gasteiger partial charge in [0.1, 0.15) is 11.4 Å². The Kier molecular flexibility index (Phi) is 4.07. The number of H-pyrrole nitrogens is 1. The Morgan fingerprint density at radius 1 is 1.21 bits per heavy atom. The normalized spacial score (nSPS) is 18.1. The van der Waals surface area contributed by atoms with Crippen LogP contribution in [0.4, 0.5) is 0 Å². The minimum absolute atomic E-state index is 0.119. The maximum atomic E-state index is 12.9. The molecule has 0 spiro atoms. The summed E-state index contributed by atoms with van der Waals surface area (Å²) in [5.41, 5.74) is 1.13. The lowest BCUT2D eigenvalue weighted by atomic mass is 9.95. The van der Waals surface area contributed by atoms with Crippen LogP contribution in [0.3, 0.4) is 0 Å². The Bertz CT molecular complexity index is 1080. The van der Waals surface area contributed by atoms with Crippen LogP contribution in [0.15, 0.2) is 29.5 Å². The number of aromatic nitrogens is 5. The highest BCUT2D eigenvalue weighted by molar-refractivity contribution is 5.93. The Morgan fingerprint density at radius 2 is 2.00 bits per heavy atom. The molecule has 3 aromatic heterocycles. The predicted molar refractivity (Wildman–Crippen MR) is 103 cm³/mol. The average molecular weight is 380 g/mol. The highest BCUT2D eigenvalue weighted by Crippen LogP contribution is 2.33. The van der Waals surface area contributed by atoms with E-state index < -0.39 is 0 Å². The summed E-state index contributed by atoms with van der Waals surface area (Å²) < 4.78 is 3.63. The number of amides is 1. The van der Waals surface area contributed by atoms with Crippen molar-refractivity contribution in [1.82, 2.24) is 29.0 Å². The Morgan fingerprint density at radius 3 is 2.75 bits per heavy atom. The molecule has 28 heavy (non-hydrogen) atoms. The number of piperidine rings is 1. The molecule has 0 bridgehead atoms. The van der Waals surface area contributed by atoms with Gasteiger partial charge >= 0.3 is 0 Å². The number of hydrogen-bond acceptors (Lipinski definition) is 4. The standard InChI is InChI=1S/C20H24N6O2/c1-13-10-17-22-11-16(20(28)26(17)23-13)19(27)24-7-4-15(5-8-24)18-21-6-9-25(18)12-14-2-3-14/h6,9-11,14-15,23H,2-5,7-8,12H2,1H3. The molecular weight excluding hydrogens is 356 g/mol. The van der Waals surface area contributed by atoms with E-state index in [0.29, 0.717) is 24.7 Å². The van der Waals surface area contributed by atoms with Gasteiger partial charge in [-0.15, -0.1) is 0 Å². The summed E-state index contributed by atoms with van der Waals surface area (Å²) in [7, 11) is 0. The van der Waals surface area contributed by atoms with Gasteiger partial charge in [0.05, 0.1) is 0 Å². The molecule has 1 amide bonds. The lowest BCUT2D eigenvalue weighted by molar-refractivity contribution is 0.0707. The first-order valence-electron chi connectivity index (χ1n) is 9.98. The lowest BCUT2D eigenvalue weighted by Crippen LogP contribution is -2.41. The largest absolute Gasteiger partial charge is 0.338 e. The first-order chi connectivity index (χ1) is 13.6. The molecule has 0 atom stereocenters. The molecule has 1 saturated carbocycles. The summed E-state index contributed by atoms with van der Waals surface area (Å²) in [5.74, 6) is 2.08. The van der Waals surface area contributed by atoms with Crippen LogP contribution in [0.1, 0.15) is 53.5 Å². The van der Waals surface area contributed by atoms with E-state index in [4.69, 9.17) is 0 Å². The van der Waals surface area contributed by atoms with Gasteiger partial charge in [-0.3, -0.25) is 14.7 Å². The molecule has 3 aromatic rings. The zero-order valence-electron chi connectivity index (χ0n) is 16.0. The van der Waals surface area contributed by atoms with Crippen LogP contribution in [-0.4, -0.2) is 48.0 Å². The first-order valence-corrected chi connectivity index (χ1v) is 9.98. The molecular formula is C20H24N6O2. The summed E-state index contributed by atoms with van der Waals surface area (Å²) in [6.45, 7) is 4.18. The van der Waals surface area contributed by atoms with Gasteiger partial charge in [0.25, 0.3) is 11.5 Å². The summed E-state index contributed by atoms with van der Waals surface area (Å²) in [6.07, 6.45) is 9.73. The second-order valence-corrected chi connectivity index (χ2v) is 8.06. The number of nitrogens with zero attached hydrogens (tertiary/aromatic N) is 5. The molecule has 8 nitrogen and oxygen atoms in total. The first kappa shape index (κ1) is 17.2. The fourth-order valence-electron chi connectivity index (χ4n) is 4.15. The molecule has 0 radical (unpaired) electrons. The van der Waals surface area contributed by atoms with E-state index in [1.165, 1.54) is 23.6 Å². The summed E-state index contributed by atoms with van der Waals surface area (Å²) in [5, 5.41) is 2.94. The van der Waals surface area contributed by atoms with Crippen molar-refractivity contribution in [2.75, 3.05) is 13.1 Å². The fraction of sp³-hybridized carbons (Fsp3) is 0.500. The number of likely N-dealkylation sites (tertiary alicyclic amines) is 1. The summed E-state index contributed by atoms with van der Waals surface area (Å²) in [6, 6.07) is 1.78. The molecule has 146 valence electrons. The van der Waals surface area contributed by atoms with Crippen LogP contribution < -0.4 is 5.56 Å². The second-order valence-electron chi connectivity index (χ2n) is 8.06. The van der Waals surface area contributed by atoms with Crippen molar-refractivity contribution in [3.63, 3.8) is 0 Å². The zero-order valence-corrected chi connectivity index (χ0v) is 16.0. The van der Waals surface area contributed by atoms with E-state index in [0.717, 1.165) is 36.8 Å². The van der Waals surface area contributed by atoms with Gasteiger partial charge in [0.2, 0.25) is 0 Å². The molecule has 2 aliphatic rings. The number of fused-ring (bicyclic) bond motifs is 1. The summed E-state index contributed by atoms with van der Waals surface area (Å²) in [4.78, 5) is 36.2. The molecule has 2 fully saturated rings. The second kappa shape index (κ2) is 6.61. The van der Waals surface area contributed by atoms with Gasteiger partial charge in [-0.25, -0.2) is 14.5 Å². The van der Waals surface area contributed by atoms with Crippen LogP contribution in [0.2, 0.25) is 0 Å². The average Bonchev–Trinajstić information content (AvgIpc) is 3.24. The zero-order chi connectivity index (χ0) is 19.3. The van der Waals surface area contributed by atoms with E-state index in [1.807, 2.05) is 13.1 Å². The van der Waals surface area contributed by atoms with Gasteiger partial charge in [-0.2, -0.15) is 0 Å². The van der Waals surface area contributed by atoms with Gasteiger partial charge < -0.3 is 9.47 Å². The minimum atomic E-state index is -0.342. The number of rotatable bonds is 4. The van der Waals surface area contributed by atoms with Gasteiger partial charge in [-0.05, 0) is 38.5 Å². The third kappa shape index (κ3) is 3.02. The Balaban J connectivity index is 1.30. The van der Waals surface area contributed by atoms with E-state index in [2.05, 4.69) is 25.8 Å². The predicted octanol–water partition coefficient (Wildman–Crippen LogP) is 1.96. The SMILES string of the molecule is Cc1cc2ncc(C(=O)N3CCC(c4nccn4CC4CC4)CC3)c(=O)n2[nH]1. The highest BCUT2D eigenvalue weighted by Gasteiger charge is 2.30. The van der Waals surface area contributed by atoms with Gasteiger partial charge in [0.15, 0.2) is 5.65 Å². The summed E-state index contributed by atoms with van der Waals surface area (Å²) >= 11 is 0. The van der Waals surface area contributed by atoms with Crippen LogP contribution in [0, 0.1) is 12.8 Å². The number of imidazole rings is 1. The number of carbonyl (C=O) groups excluding carboxylic acids is 1. The van der Waals surface area contributed by atoms with Crippen LogP contribution >= 0.6 is 0 Å². The van der Waals surface area contributed by atoms with Crippen molar-refractivity contribution in [2.24, 2.45) is 5.92 Å². The number of hydrogen-bond donors (Lipinski definition) is 1. The van der Waals surface area contributed by atoms with Crippen molar-refractivity contribution < 1.29 is 4.79 Å². The third-order valence-electron chi connectivity index (χ3n) is 5.90.